The normalized spacial score (nSPS) is 12.7. The average Bonchev–Trinajstić information content (AvgIpc) is 3.37. The molecule has 2 atom stereocenters. The highest BCUT2D eigenvalue weighted by Crippen LogP contribution is 2.18. The minimum absolute atomic E-state index is 0.0121. The number of aliphatic hydroxyl groups is 2. The highest BCUT2D eigenvalue weighted by atomic mass is 16.5. The summed E-state index contributed by atoms with van der Waals surface area (Å²) >= 11 is 0. The van der Waals surface area contributed by atoms with Crippen molar-refractivity contribution in [3.63, 3.8) is 0 Å². The van der Waals surface area contributed by atoms with E-state index in [1.54, 1.807) is 6.08 Å². The van der Waals surface area contributed by atoms with Crippen LogP contribution in [0.2, 0.25) is 0 Å². The van der Waals surface area contributed by atoms with E-state index in [1.165, 1.54) is 283 Å². The van der Waals surface area contributed by atoms with Crippen LogP contribution in [0.15, 0.2) is 24.3 Å². The number of hydrogen-bond acceptors (Lipinski definition) is 5. The predicted octanol–water partition coefficient (Wildman–Crippen LogP) is 20.2. The molecule has 71 heavy (non-hydrogen) atoms. The molecule has 6 heteroatoms. The highest BCUT2D eigenvalue weighted by Gasteiger charge is 2.18. The molecule has 3 N–H and O–H groups in total. The molecule has 0 aliphatic heterocycles. The third-order valence-electron chi connectivity index (χ3n) is 15.0. The van der Waals surface area contributed by atoms with Gasteiger partial charge in [-0.25, -0.2) is 0 Å². The SMILES string of the molecule is CCCCCCCCCCCCCCCCCC/C=C/C(O)C(CO)NC(=O)CCCCCCCCC/C=C\CCCCCCCCCCCCCOC(=O)CCCCCCCCCCCCCCCC. The van der Waals surface area contributed by atoms with Crippen LogP contribution in [0.3, 0.4) is 0 Å². The number of esters is 1. The van der Waals surface area contributed by atoms with Crippen molar-refractivity contribution >= 4 is 11.9 Å². The smallest absolute Gasteiger partial charge is 0.305 e. The molecule has 0 aromatic carbocycles. The van der Waals surface area contributed by atoms with E-state index in [1.807, 2.05) is 6.08 Å². The number of hydrogen-bond donors (Lipinski definition) is 3. The van der Waals surface area contributed by atoms with Crippen molar-refractivity contribution in [1.29, 1.82) is 0 Å². The van der Waals surface area contributed by atoms with Crippen LogP contribution in [0.1, 0.15) is 354 Å². The molecule has 0 aliphatic rings. The first-order chi connectivity index (χ1) is 35.0. The molecule has 0 aromatic rings. The van der Waals surface area contributed by atoms with E-state index in [0.717, 1.165) is 44.9 Å². The first-order valence-electron chi connectivity index (χ1n) is 32.1. The Bertz CT molecular complexity index is 1110. The van der Waals surface area contributed by atoms with Gasteiger partial charge in [0.05, 0.1) is 25.4 Å². The topological polar surface area (TPSA) is 95.9 Å². The summed E-state index contributed by atoms with van der Waals surface area (Å²) in [7, 11) is 0. The Balaban J connectivity index is 3.44. The molecule has 6 nitrogen and oxygen atoms in total. The lowest BCUT2D eigenvalue weighted by Gasteiger charge is -2.20. The maximum Gasteiger partial charge on any atom is 0.305 e. The van der Waals surface area contributed by atoms with E-state index >= 15 is 0 Å². The van der Waals surface area contributed by atoms with Crippen LogP contribution in [0.5, 0.6) is 0 Å². The zero-order chi connectivity index (χ0) is 51.4. The van der Waals surface area contributed by atoms with Crippen molar-refractivity contribution in [2.45, 2.75) is 366 Å². The fraction of sp³-hybridized carbons (Fsp3) is 0.908. The standard InChI is InChI=1S/C65H125NO5/c1-3-5-7-9-11-13-15-17-19-20-27-30-33-37-41-45-49-53-57-63(68)62(61-67)66-64(69)58-54-50-46-42-38-34-31-28-25-23-21-22-24-26-29-32-36-40-44-48-52-56-60-71-65(70)59-55-51-47-43-39-35-18-16-14-12-10-8-6-4-2/h23,25,53,57,62-63,67-68H,3-22,24,26-52,54-56,58-61H2,1-2H3,(H,66,69)/b25-23-,57-53+. The Morgan fingerprint density at radius 3 is 1.00 bits per heavy atom. The van der Waals surface area contributed by atoms with Crippen LogP contribution in [0, 0.1) is 0 Å². The summed E-state index contributed by atoms with van der Waals surface area (Å²) in [5.41, 5.74) is 0. The van der Waals surface area contributed by atoms with Gasteiger partial charge in [-0.15, -0.1) is 0 Å². The van der Waals surface area contributed by atoms with E-state index in [0.29, 0.717) is 19.4 Å². The summed E-state index contributed by atoms with van der Waals surface area (Å²) < 4.78 is 5.48. The Kier molecular flexibility index (Phi) is 59.5. The van der Waals surface area contributed by atoms with Gasteiger partial charge in [-0.1, -0.05) is 308 Å². The Morgan fingerprint density at radius 2 is 0.662 bits per heavy atom. The summed E-state index contributed by atoms with van der Waals surface area (Å²) in [6, 6.07) is -0.633. The van der Waals surface area contributed by atoms with E-state index in [2.05, 4.69) is 31.3 Å². The minimum atomic E-state index is -0.849. The fourth-order valence-corrected chi connectivity index (χ4v) is 10.0. The zero-order valence-electron chi connectivity index (χ0n) is 48.0. The number of nitrogens with one attached hydrogen (secondary N) is 1. The lowest BCUT2D eigenvalue weighted by molar-refractivity contribution is -0.143. The van der Waals surface area contributed by atoms with Crippen molar-refractivity contribution < 1.29 is 24.5 Å². The summed E-state index contributed by atoms with van der Waals surface area (Å²) in [5.74, 6) is -0.0601. The minimum Gasteiger partial charge on any atom is -0.466 e. The highest BCUT2D eigenvalue weighted by molar-refractivity contribution is 5.76. The van der Waals surface area contributed by atoms with Gasteiger partial charge in [-0.05, 0) is 57.8 Å². The molecular weight excluding hydrogens is 875 g/mol. The molecule has 0 rings (SSSR count). The molecule has 0 spiro atoms. The van der Waals surface area contributed by atoms with Gasteiger partial charge >= 0.3 is 5.97 Å². The fourth-order valence-electron chi connectivity index (χ4n) is 10.0. The van der Waals surface area contributed by atoms with Crippen LogP contribution >= 0.6 is 0 Å². The largest absolute Gasteiger partial charge is 0.466 e. The number of unbranched alkanes of at least 4 members (excludes halogenated alkanes) is 47. The maximum atomic E-state index is 12.5. The molecule has 0 radical (unpaired) electrons. The lowest BCUT2D eigenvalue weighted by atomic mass is 10.0. The lowest BCUT2D eigenvalue weighted by Crippen LogP contribution is -2.45. The van der Waals surface area contributed by atoms with Crippen molar-refractivity contribution in [2.24, 2.45) is 0 Å². The van der Waals surface area contributed by atoms with Crippen LogP contribution in [-0.2, 0) is 14.3 Å². The molecule has 0 saturated carbocycles. The van der Waals surface area contributed by atoms with Gasteiger partial charge in [0.1, 0.15) is 0 Å². The van der Waals surface area contributed by atoms with Gasteiger partial charge in [0.25, 0.3) is 0 Å². The number of ether oxygens (including phenoxy) is 1. The van der Waals surface area contributed by atoms with Gasteiger partial charge < -0.3 is 20.3 Å². The summed E-state index contributed by atoms with van der Waals surface area (Å²) in [4.78, 5) is 24.5. The van der Waals surface area contributed by atoms with Crippen LogP contribution < -0.4 is 5.32 Å². The summed E-state index contributed by atoms with van der Waals surface area (Å²) in [6.07, 6.45) is 75.1. The predicted molar refractivity (Wildman–Crippen MR) is 310 cm³/mol. The third kappa shape index (κ3) is 57.5. The molecule has 420 valence electrons. The average molecular weight is 1000 g/mol. The quantitative estimate of drug-likeness (QED) is 0.0320. The van der Waals surface area contributed by atoms with Crippen LogP contribution in [-0.4, -0.2) is 47.4 Å². The van der Waals surface area contributed by atoms with Crippen molar-refractivity contribution in [2.75, 3.05) is 13.2 Å². The first kappa shape index (κ1) is 69.3. The summed E-state index contributed by atoms with van der Waals surface area (Å²) in [6.45, 7) is 4.93. The second-order valence-corrected chi connectivity index (χ2v) is 22.1. The van der Waals surface area contributed by atoms with Gasteiger partial charge in [-0.3, -0.25) is 9.59 Å². The van der Waals surface area contributed by atoms with Gasteiger partial charge in [0, 0.05) is 12.8 Å². The van der Waals surface area contributed by atoms with Crippen molar-refractivity contribution in [3.8, 4) is 0 Å². The molecule has 0 saturated heterocycles. The number of rotatable bonds is 60. The van der Waals surface area contributed by atoms with E-state index in [-0.39, 0.29) is 18.5 Å². The molecule has 0 aliphatic carbocycles. The molecule has 0 heterocycles. The molecule has 2 unspecified atom stereocenters. The molecule has 0 bridgehead atoms. The van der Waals surface area contributed by atoms with Gasteiger partial charge in [0.2, 0.25) is 5.91 Å². The van der Waals surface area contributed by atoms with E-state index < -0.39 is 12.1 Å². The number of carbonyl (C=O) groups excluding carboxylic acids is 2. The Hall–Kier alpha value is -1.66. The number of amides is 1. The van der Waals surface area contributed by atoms with Crippen molar-refractivity contribution in [3.05, 3.63) is 24.3 Å². The second-order valence-electron chi connectivity index (χ2n) is 22.1. The van der Waals surface area contributed by atoms with E-state index in [4.69, 9.17) is 4.74 Å². The molecule has 1 amide bonds. The number of aliphatic hydroxyl groups excluding tert-OH is 2. The van der Waals surface area contributed by atoms with E-state index in [9.17, 15) is 19.8 Å². The number of allylic oxidation sites excluding steroid dienone is 3. The molecule has 0 aromatic heterocycles. The van der Waals surface area contributed by atoms with Crippen molar-refractivity contribution in [1.82, 2.24) is 5.32 Å². The molecular formula is C65H125NO5. The van der Waals surface area contributed by atoms with Gasteiger partial charge in [-0.2, -0.15) is 0 Å². The van der Waals surface area contributed by atoms with Crippen LogP contribution in [0.4, 0.5) is 0 Å². The number of carbonyl (C=O) groups is 2. The summed E-state index contributed by atoms with van der Waals surface area (Å²) in [5, 5.41) is 23.2. The zero-order valence-corrected chi connectivity index (χ0v) is 48.0. The van der Waals surface area contributed by atoms with Crippen LogP contribution in [0.25, 0.3) is 0 Å². The Morgan fingerprint density at radius 1 is 0.380 bits per heavy atom. The monoisotopic (exact) mass is 1000 g/mol. The Labute approximate surface area is 443 Å². The molecule has 0 fully saturated rings. The first-order valence-corrected chi connectivity index (χ1v) is 32.1. The second kappa shape index (κ2) is 60.9. The maximum absolute atomic E-state index is 12.5. The van der Waals surface area contributed by atoms with Gasteiger partial charge in [0.15, 0.2) is 0 Å². The third-order valence-corrected chi connectivity index (χ3v) is 15.0.